The number of aliphatic hydroxyl groups excluding tert-OH is 7. The smallest absolute Gasteiger partial charge is 0.122 e. The molecule has 8 atom stereocenters. The number of aliphatic carboxylic acids is 4. The quantitative estimate of drug-likeness (QED) is 0.142. The van der Waals surface area contributed by atoms with Gasteiger partial charge in [-0.25, -0.2) is 0 Å². The third-order valence-corrected chi connectivity index (χ3v) is 2.94. The largest absolute Gasteiger partial charge is 0.846 e. The number of rotatable bonds is 10. The fourth-order valence-electron chi connectivity index (χ4n) is 1.30. The molecule has 0 bridgehead atoms. The Morgan fingerprint density at radius 2 is 0.690 bits per heavy atom. The van der Waals surface area contributed by atoms with E-state index in [4.69, 9.17) is 35.7 Å². The first-order valence-electron chi connectivity index (χ1n) is 6.83. The van der Waals surface area contributed by atoms with Gasteiger partial charge in [0.2, 0.25) is 0 Å². The maximum Gasteiger partial charge on any atom is 0.122 e. The normalized spacial score (nSPS) is 18.8. The van der Waals surface area contributed by atoms with E-state index in [0.717, 1.165) is 0 Å². The summed E-state index contributed by atoms with van der Waals surface area (Å²) in [5.74, 6) is -8.58. The van der Waals surface area contributed by atoms with E-state index >= 15 is 0 Å². The molecule has 7 N–H and O–H groups in total. The fraction of sp³-hybridized carbons (Fsp3) is 0.667. The minimum atomic E-state index is -2.75. The zero-order chi connectivity index (χ0) is 22.9. The molecule has 0 aliphatic carbocycles. The number of carboxylic acid groups (broad SMARTS) is 4. The van der Waals surface area contributed by atoms with Crippen LogP contribution in [0.1, 0.15) is 0 Å². The molecule has 0 unspecified atom stereocenters. The van der Waals surface area contributed by atoms with Crippen molar-refractivity contribution in [2.75, 3.05) is 0 Å². The van der Waals surface area contributed by atoms with Crippen molar-refractivity contribution in [1.29, 1.82) is 0 Å². The minimum absolute atomic E-state index is 0. The molecule has 0 spiro atoms. The van der Waals surface area contributed by atoms with Gasteiger partial charge in [0.15, 0.2) is 0 Å². The third-order valence-electron chi connectivity index (χ3n) is 2.94. The molecule has 1 radical (unpaired) electrons. The average molecular weight is 514 g/mol. The van der Waals surface area contributed by atoms with Crippen LogP contribution in [0.25, 0.3) is 0 Å². The van der Waals surface area contributed by atoms with Gasteiger partial charge in [-0.2, -0.15) is 0 Å². The molecule has 29 heavy (non-hydrogen) atoms. The van der Waals surface area contributed by atoms with E-state index in [-0.39, 0.29) is 20.1 Å². The zero-order valence-corrected chi connectivity index (χ0v) is 15.7. The van der Waals surface area contributed by atoms with Gasteiger partial charge < -0.3 is 80.5 Å². The molecule has 16 nitrogen and oxygen atoms in total. The van der Waals surface area contributed by atoms with Gasteiger partial charge in [-0.3, -0.25) is 0 Å². The van der Waals surface area contributed by atoms with Gasteiger partial charge in [-0.15, -0.1) is 0 Å². The van der Waals surface area contributed by atoms with Gasteiger partial charge in [0.05, 0.1) is 24.0 Å². The van der Waals surface area contributed by atoms with Crippen molar-refractivity contribution >= 4 is 23.9 Å². The second kappa shape index (κ2) is 14.2. The van der Waals surface area contributed by atoms with E-state index in [0.29, 0.717) is 0 Å². The molecular formula is C12H15O16Tc-5. The van der Waals surface area contributed by atoms with E-state index in [1.165, 1.54) is 0 Å². The van der Waals surface area contributed by atoms with Crippen molar-refractivity contribution in [2.45, 2.75) is 48.8 Å². The number of carbonyl (C=O) groups is 4. The topological polar surface area (TPSA) is 325 Å². The van der Waals surface area contributed by atoms with Crippen LogP contribution < -0.4 is 25.5 Å². The molecule has 0 aromatic rings. The summed E-state index contributed by atoms with van der Waals surface area (Å²) in [4.78, 5) is 39.8. The Balaban J connectivity index is -0.000000451. The Morgan fingerprint density at radius 1 is 0.483 bits per heavy atom. The molecule has 0 aromatic heterocycles. The molecule has 0 saturated heterocycles. The van der Waals surface area contributed by atoms with Crippen LogP contribution in [0, 0.1) is 0 Å². The van der Waals surface area contributed by atoms with Crippen LogP contribution in [-0.2, 0) is 39.3 Å². The predicted octanol–water partition coefficient (Wildman–Crippen LogP) is -12.8. The van der Waals surface area contributed by atoms with E-state index in [2.05, 4.69) is 0 Å². The van der Waals surface area contributed by atoms with Crippen molar-refractivity contribution in [2.24, 2.45) is 0 Å². The number of hydrogen-bond donors (Lipinski definition) is 7. The molecule has 0 saturated carbocycles. The summed E-state index contributed by atoms with van der Waals surface area (Å²) in [6.45, 7) is 0. The average Bonchev–Trinajstić information content (AvgIpc) is 2.62. The van der Waals surface area contributed by atoms with Gasteiger partial charge in [0, 0.05) is 26.1 Å². The second-order valence-electron chi connectivity index (χ2n) is 4.99. The van der Waals surface area contributed by atoms with Gasteiger partial charge in [-0.05, 0) is 0 Å². The molecule has 0 aliphatic heterocycles. The summed E-state index contributed by atoms with van der Waals surface area (Å²) in [6.07, 6.45) is -20.0. The van der Waals surface area contributed by atoms with Crippen LogP contribution in [0.4, 0.5) is 0 Å². The molecule has 0 rings (SSSR count). The van der Waals surface area contributed by atoms with Crippen LogP contribution in [0.5, 0.6) is 0 Å². The molecular weight excluding hydrogens is 499 g/mol. The van der Waals surface area contributed by atoms with Gasteiger partial charge >= 0.3 is 0 Å². The SMILES string of the molecule is O=C([O-])[C@@H](O)[C@@H](O)[C@H](O)[C@@H](O)C(=O)[O-].O=C([O-])[C@@H](O)[C@@H](O)[C@H](O)[C@@H]([O-])C(=O)[O-].[99Tc]. The van der Waals surface area contributed by atoms with Crippen LogP contribution in [0.15, 0.2) is 0 Å². The number of carboxylic acids is 4. The van der Waals surface area contributed by atoms with Crippen molar-refractivity contribution < 1.29 is 101 Å². The fourth-order valence-corrected chi connectivity index (χ4v) is 1.30. The predicted molar refractivity (Wildman–Crippen MR) is 65.9 cm³/mol. The van der Waals surface area contributed by atoms with E-state index in [9.17, 15) is 44.7 Å². The van der Waals surface area contributed by atoms with Crippen molar-refractivity contribution in [3.8, 4) is 0 Å². The van der Waals surface area contributed by atoms with Gasteiger partial charge in [0.25, 0.3) is 0 Å². The molecule has 0 aromatic carbocycles. The summed E-state index contributed by atoms with van der Waals surface area (Å²) < 4.78 is 0. The van der Waals surface area contributed by atoms with Gasteiger partial charge in [0.1, 0.15) is 36.6 Å². The first-order chi connectivity index (χ1) is 12.6. The zero-order valence-electron chi connectivity index (χ0n) is 13.8. The monoisotopic (exact) mass is 514 g/mol. The first-order valence-corrected chi connectivity index (χ1v) is 6.83. The minimum Gasteiger partial charge on any atom is -0.846 e. The summed E-state index contributed by atoms with van der Waals surface area (Å²) in [7, 11) is 0. The Labute approximate surface area is 173 Å². The van der Waals surface area contributed by atoms with E-state index in [1.54, 1.807) is 0 Å². The van der Waals surface area contributed by atoms with Gasteiger partial charge in [-0.1, -0.05) is 6.10 Å². The van der Waals surface area contributed by atoms with Crippen molar-refractivity contribution in [3.05, 3.63) is 0 Å². The second-order valence-corrected chi connectivity index (χ2v) is 4.99. The summed E-state index contributed by atoms with van der Waals surface area (Å²) in [6, 6.07) is 0. The third kappa shape index (κ3) is 10.5. The summed E-state index contributed by atoms with van der Waals surface area (Å²) >= 11 is 0. The Bertz CT molecular complexity index is 458. The molecule has 0 fully saturated rings. The molecule has 171 valence electrons. The van der Waals surface area contributed by atoms with Crippen molar-refractivity contribution in [1.82, 2.24) is 0 Å². The Morgan fingerprint density at radius 3 is 0.862 bits per heavy atom. The molecule has 17 heteroatoms. The maximum atomic E-state index is 10.5. The van der Waals surface area contributed by atoms with Crippen molar-refractivity contribution in [3.63, 3.8) is 0 Å². The standard InChI is InChI=1S/C6H10O8.C6H9O8.Tc/c2*7-1(3(9)5(11)12)2(8)4(10)6(13)14;/h1-4,7-10H,(H,11,12)(H,13,14);1-4,7-9H,(H,11,12)(H,13,14);/q;-1;/p-4/t2*1-,2-,3-,4+;/m00./s1/i;;1+1. The van der Waals surface area contributed by atoms with E-state index < -0.39 is 72.7 Å². The number of carbonyl (C=O) groups excluding carboxylic acids is 4. The van der Waals surface area contributed by atoms with Crippen LogP contribution in [0.3, 0.4) is 0 Å². The maximum absolute atomic E-state index is 10.5. The number of hydrogen-bond acceptors (Lipinski definition) is 16. The summed E-state index contributed by atoms with van der Waals surface area (Å²) in [5, 5.41) is 111. The van der Waals surface area contributed by atoms with Crippen LogP contribution >= 0.6 is 0 Å². The molecule has 0 aliphatic rings. The Hall–Kier alpha value is -1.79. The van der Waals surface area contributed by atoms with E-state index in [1.807, 2.05) is 0 Å². The summed E-state index contributed by atoms with van der Waals surface area (Å²) in [5.41, 5.74) is 0. The number of aliphatic hydroxyl groups is 7. The van der Waals surface area contributed by atoms with Crippen LogP contribution in [0.2, 0.25) is 0 Å². The molecule has 0 amide bonds. The first kappa shape index (κ1) is 31.9. The van der Waals surface area contributed by atoms with Crippen LogP contribution in [-0.4, -0.2) is 108 Å². The molecule has 0 heterocycles. The Kier molecular flexibility index (Phi) is 15.7.